The first-order valence-electron chi connectivity index (χ1n) is 10.6. The number of rotatable bonds is 5. The summed E-state index contributed by atoms with van der Waals surface area (Å²) in [5, 5.41) is 1.24. The molecule has 0 unspecified atom stereocenters. The predicted molar refractivity (Wildman–Crippen MR) is 129 cm³/mol. The summed E-state index contributed by atoms with van der Waals surface area (Å²) in [4.78, 5) is 13.1. The Bertz CT molecular complexity index is 1470. The molecule has 0 saturated heterocycles. The minimum atomic E-state index is -0.435. The number of methoxy groups -OCH3 is 1. The number of aryl methyl sites for hydroxylation is 1. The van der Waals surface area contributed by atoms with Gasteiger partial charge in [-0.2, -0.15) is 0 Å². The number of ketones is 1. The van der Waals surface area contributed by atoms with E-state index in [0.29, 0.717) is 27.6 Å². The molecule has 0 saturated carbocycles. The fraction of sp³-hybridized carbons (Fsp3) is 0.148. The molecular formula is C27H21ClFNO4. The van der Waals surface area contributed by atoms with Crippen LogP contribution in [0.2, 0.25) is 5.02 Å². The Labute approximate surface area is 200 Å². The number of hydrogen-bond acceptors (Lipinski definition) is 4. The van der Waals surface area contributed by atoms with E-state index in [1.54, 1.807) is 44.4 Å². The molecule has 1 aliphatic rings. The lowest BCUT2D eigenvalue weighted by atomic mass is 10.1. The second kappa shape index (κ2) is 8.54. The number of aromatic nitrogens is 1. The van der Waals surface area contributed by atoms with Crippen molar-refractivity contribution in [3.8, 4) is 17.2 Å². The number of halogens is 2. The van der Waals surface area contributed by atoms with Crippen LogP contribution in [0.15, 0.2) is 60.5 Å². The fourth-order valence-corrected chi connectivity index (χ4v) is 4.35. The average Bonchev–Trinajstić information content (AvgIpc) is 3.31. The van der Waals surface area contributed by atoms with E-state index in [1.807, 2.05) is 36.0 Å². The SMILES string of the molecule is COc1ccc2c(c1)c(C=C1Oc3c(ccc(OCc4c(F)cccc4Cl)c3C)C1=O)cn2C. The van der Waals surface area contributed by atoms with Crippen LogP contribution in [-0.4, -0.2) is 17.5 Å². The van der Waals surface area contributed by atoms with Gasteiger partial charge in [0.2, 0.25) is 5.78 Å². The van der Waals surface area contributed by atoms with Gasteiger partial charge in [0.05, 0.1) is 17.7 Å². The van der Waals surface area contributed by atoms with Crippen LogP contribution in [-0.2, 0) is 13.7 Å². The number of nitrogens with zero attached hydrogens (tertiary/aromatic N) is 1. The lowest BCUT2D eigenvalue weighted by Crippen LogP contribution is -2.01. The van der Waals surface area contributed by atoms with E-state index in [2.05, 4.69) is 0 Å². The molecule has 0 fully saturated rings. The smallest absolute Gasteiger partial charge is 0.231 e. The molecule has 7 heteroatoms. The van der Waals surface area contributed by atoms with Crippen LogP contribution in [0.5, 0.6) is 17.2 Å². The topological polar surface area (TPSA) is 49.7 Å². The van der Waals surface area contributed by atoms with Crippen molar-refractivity contribution in [2.75, 3.05) is 7.11 Å². The number of ether oxygens (including phenoxy) is 3. The van der Waals surface area contributed by atoms with Crippen LogP contribution in [0, 0.1) is 12.7 Å². The van der Waals surface area contributed by atoms with E-state index in [9.17, 15) is 9.18 Å². The van der Waals surface area contributed by atoms with Gasteiger partial charge in [0.1, 0.15) is 29.7 Å². The van der Waals surface area contributed by atoms with Gasteiger partial charge in [0, 0.05) is 40.8 Å². The monoisotopic (exact) mass is 477 g/mol. The standard InChI is InChI=1S/C27H21ClFNO4/c1-15-24(33-14-20-21(28)5-4-6-22(20)29)10-8-18-26(31)25(34-27(15)18)11-16-13-30(2)23-9-7-17(32-3)12-19(16)23/h4-13H,14H2,1-3H3. The highest BCUT2D eigenvalue weighted by molar-refractivity contribution is 6.31. The summed E-state index contributed by atoms with van der Waals surface area (Å²) in [5.74, 6) is 1.24. The van der Waals surface area contributed by atoms with Crippen molar-refractivity contribution in [3.63, 3.8) is 0 Å². The Hall–Kier alpha value is -3.77. The summed E-state index contributed by atoms with van der Waals surface area (Å²) in [7, 11) is 3.56. The van der Waals surface area contributed by atoms with E-state index in [-0.39, 0.29) is 23.7 Å². The normalized spacial score (nSPS) is 13.9. The van der Waals surface area contributed by atoms with Crippen LogP contribution in [0.25, 0.3) is 17.0 Å². The Morgan fingerprint density at radius 2 is 2.00 bits per heavy atom. The van der Waals surface area contributed by atoms with Crippen LogP contribution in [0.1, 0.15) is 27.0 Å². The highest BCUT2D eigenvalue weighted by Gasteiger charge is 2.30. The lowest BCUT2D eigenvalue weighted by Gasteiger charge is -2.12. The summed E-state index contributed by atoms with van der Waals surface area (Å²) in [6.45, 7) is 1.76. The van der Waals surface area contributed by atoms with E-state index < -0.39 is 5.82 Å². The van der Waals surface area contributed by atoms with Gasteiger partial charge in [-0.25, -0.2) is 4.39 Å². The third kappa shape index (κ3) is 3.70. The van der Waals surface area contributed by atoms with Gasteiger partial charge in [-0.05, 0) is 55.5 Å². The van der Waals surface area contributed by atoms with Crippen LogP contribution < -0.4 is 14.2 Å². The van der Waals surface area contributed by atoms with Gasteiger partial charge in [-0.1, -0.05) is 17.7 Å². The molecule has 0 aliphatic carbocycles. The average molecular weight is 478 g/mol. The van der Waals surface area contributed by atoms with Gasteiger partial charge in [-0.3, -0.25) is 4.79 Å². The van der Waals surface area contributed by atoms with Crippen molar-refractivity contribution >= 4 is 34.4 Å². The Kier molecular flexibility index (Phi) is 5.54. The minimum absolute atomic E-state index is 0.0420. The van der Waals surface area contributed by atoms with Crippen molar-refractivity contribution in [3.05, 3.63) is 93.6 Å². The minimum Gasteiger partial charge on any atom is -0.497 e. The molecule has 0 N–H and O–H groups in total. The number of carbonyl (C=O) groups is 1. The van der Waals surface area contributed by atoms with Crippen molar-refractivity contribution in [1.82, 2.24) is 4.57 Å². The van der Waals surface area contributed by atoms with Crippen molar-refractivity contribution in [2.24, 2.45) is 7.05 Å². The number of Topliss-reactive ketones (excluding diaryl/α,β-unsaturated/α-hetero) is 1. The Balaban J connectivity index is 1.46. The maximum Gasteiger partial charge on any atom is 0.231 e. The van der Waals surface area contributed by atoms with Gasteiger partial charge in [-0.15, -0.1) is 0 Å². The molecule has 5 rings (SSSR count). The summed E-state index contributed by atoms with van der Waals surface area (Å²) < 4.78 is 33.3. The molecule has 4 aromatic rings. The molecule has 0 atom stereocenters. The van der Waals surface area contributed by atoms with Crippen molar-refractivity contribution in [1.29, 1.82) is 0 Å². The Morgan fingerprint density at radius 3 is 2.76 bits per heavy atom. The van der Waals surface area contributed by atoms with E-state index in [4.69, 9.17) is 25.8 Å². The molecule has 1 aliphatic heterocycles. The third-order valence-electron chi connectivity index (χ3n) is 5.98. The van der Waals surface area contributed by atoms with Crippen molar-refractivity contribution in [2.45, 2.75) is 13.5 Å². The zero-order chi connectivity index (χ0) is 24.0. The molecule has 0 radical (unpaired) electrons. The fourth-order valence-electron chi connectivity index (χ4n) is 4.13. The number of allylic oxidation sites excluding steroid dienone is 1. The summed E-state index contributed by atoms with van der Waals surface area (Å²) in [6, 6.07) is 13.6. The highest BCUT2D eigenvalue weighted by atomic mass is 35.5. The van der Waals surface area contributed by atoms with Gasteiger partial charge < -0.3 is 18.8 Å². The van der Waals surface area contributed by atoms with Crippen LogP contribution in [0.3, 0.4) is 0 Å². The second-order valence-electron chi connectivity index (χ2n) is 8.07. The summed E-state index contributed by atoms with van der Waals surface area (Å²) in [6.07, 6.45) is 3.68. The zero-order valence-electron chi connectivity index (χ0n) is 18.8. The quantitative estimate of drug-likeness (QED) is 0.308. The third-order valence-corrected chi connectivity index (χ3v) is 6.34. The molecule has 0 bridgehead atoms. The van der Waals surface area contributed by atoms with E-state index >= 15 is 0 Å². The Morgan fingerprint density at radius 1 is 1.18 bits per heavy atom. The molecule has 1 aromatic heterocycles. The predicted octanol–water partition coefficient (Wildman–Crippen LogP) is 6.48. The van der Waals surface area contributed by atoms with Crippen molar-refractivity contribution < 1.29 is 23.4 Å². The molecule has 34 heavy (non-hydrogen) atoms. The second-order valence-corrected chi connectivity index (χ2v) is 8.48. The summed E-state index contributed by atoms with van der Waals surface area (Å²) in [5.41, 5.74) is 3.23. The molecule has 0 amide bonds. The van der Waals surface area contributed by atoms with Gasteiger partial charge in [0.15, 0.2) is 5.76 Å². The van der Waals surface area contributed by atoms with Crippen LogP contribution >= 0.6 is 11.6 Å². The van der Waals surface area contributed by atoms with Crippen LogP contribution in [0.4, 0.5) is 4.39 Å². The highest BCUT2D eigenvalue weighted by Crippen LogP contribution is 2.40. The number of benzene rings is 3. The van der Waals surface area contributed by atoms with E-state index in [1.165, 1.54) is 6.07 Å². The van der Waals surface area contributed by atoms with E-state index in [0.717, 1.165) is 22.2 Å². The molecule has 3 aromatic carbocycles. The number of carbonyl (C=O) groups excluding carboxylic acids is 1. The molecule has 172 valence electrons. The molecular weight excluding hydrogens is 457 g/mol. The number of hydrogen-bond donors (Lipinski definition) is 0. The first-order valence-corrected chi connectivity index (χ1v) is 11.0. The van der Waals surface area contributed by atoms with Gasteiger partial charge in [0.25, 0.3) is 0 Å². The molecule has 0 spiro atoms. The lowest BCUT2D eigenvalue weighted by molar-refractivity contribution is 0.101. The zero-order valence-corrected chi connectivity index (χ0v) is 19.6. The maximum absolute atomic E-state index is 14.1. The maximum atomic E-state index is 14.1. The molecule has 2 heterocycles. The number of fused-ring (bicyclic) bond motifs is 2. The largest absolute Gasteiger partial charge is 0.497 e. The summed E-state index contributed by atoms with van der Waals surface area (Å²) >= 11 is 6.10. The molecule has 5 nitrogen and oxygen atoms in total. The first kappa shape index (κ1) is 22.0. The first-order chi connectivity index (χ1) is 16.4. The van der Waals surface area contributed by atoms with Gasteiger partial charge >= 0.3 is 0 Å².